The first-order valence-electron chi connectivity index (χ1n) is 37.0. The summed E-state index contributed by atoms with van der Waals surface area (Å²) < 4.78 is 122. The zero-order valence-corrected chi connectivity index (χ0v) is 67.2. The molecule has 0 aliphatic heterocycles. The van der Waals surface area contributed by atoms with Crippen LogP contribution in [0.3, 0.4) is 0 Å². The van der Waals surface area contributed by atoms with E-state index in [1.165, 1.54) is 84.9 Å². The van der Waals surface area contributed by atoms with Crippen LogP contribution in [0.5, 0.6) is 5.75 Å². The van der Waals surface area contributed by atoms with Crippen molar-refractivity contribution in [3.63, 3.8) is 0 Å². The Kier molecular flexibility index (Phi) is 22.8. The molecule has 13 aromatic carbocycles. The highest BCUT2D eigenvalue weighted by molar-refractivity contribution is 9.10. The number of thiophene rings is 1. The van der Waals surface area contributed by atoms with Crippen LogP contribution in [0.1, 0.15) is 20.7 Å². The molecule has 20 aromatic rings. The van der Waals surface area contributed by atoms with Crippen molar-refractivity contribution in [3.8, 4) is 72.6 Å². The smallest absolute Gasteiger partial charge is 0.338 e. The lowest BCUT2D eigenvalue weighted by Gasteiger charge is -2.07. The molecule has 610 valence electrons. The van der Waals surface area contributed by atoms with Gasteiger partial charge in [-0.1, -0.05) is 103 Å². The summed E-state index contributed by atoms with van der Waals surface area (Å²) in [6.45, 7) is 0. The van der Waals surface area contributed by atoms with Gasteiger partial charge < -0.3 is 37.9 Å². The summed E-state index contributed by atoms with van der Waals surface area (Å²) in [5, 5.41) is 56.8. The number of carbonyl (C=O) groups is 2. The Bertz CT molecular complexity index is 7330. The molecule has 7 heterocycles. The van der Waals surface area contributed by atoms with Crippen LogP contribution in [0.25, 0.3) is 153 Å². The van der Waals surface area contributed by atoms with Crippen molar-refractivity contribution in [2.24, 2.45) is 28.2 Å². The lowest BCUT2D eigenvalue weighted by Crippen LogP contribution is -2.00. The zero-order valence-electron chi connectivity index (χ0n) is 64.8. The number of H-pyrrole nitrogens is 2. The molecular weight excluding hydrogens is 1660 g/mol. The molecule has 0 saturated carbocycles. The second kappa shape index (κ2) is 34.0. The minimum absolute atomic E-state index is 0.0538. The van der Waals surface area contributed by atoms with Crippen LogP contribution in [0.15, 0.2) is 247 Å². The number of halogens is 9. The number of benzene rings is 13. The van der Waals surface area contributed by atoms with Crippen LogP contribution in [-0.2, 0) is 28.2 Å². The van der Waals surface area contributed by atoms with Crippen molar-refractivity contribution in [3.05, 3.63) is 305 Å². The van der Waals surface area contributed by atoms with Gasteiger partial charge in [-0.25, -0.2) is 44.7 Å². The molecule has 12 N–H and O–H groups in total. The number of aromatic carboxylic acids is 2. The van der Waals surface area contributed by atoms with E-state index in [0.29, 0.717) is 106 Å². The number of fused-ring (bicyclic) bond motifs is 8. The summed E-state index contributed by atoms with van der Waals surface area (Å²) in [6.07, 6.45) is 0. The van der Waals surface area contributed by atoms with Gasteiger partial charge in [-0.15, -0.1) is 11.3 Å². The number of aromatic amines is 2. The fraction of sp³-hybridized carbons (Fsp3) is 0.0549. The van der Waals surface area contributed by atoms with Crippen LogP contribution in [0.2, 0.25) is 0 Å². The number of ether oxygens (including phenoxy) is 1. The number of aryl methyl sites for hydroxylation is 4. The van der Waals surface area contributed by atoms with Crippen molar-refractivity contribution in [1.29, 1.82) is 0 Å². The number of carboxylic acid groups (broad SMARTS) is 2. The average molecular weight is 1730 g/mol. The number of aromatic nitrogens is 12. The summed E-state index contributed by atoms with van der Waals surface area (Å²) >= 11 is 5.05. The Labute approximate surface area is 699 Å². The Morgan fingerprint density at radius 3 is 1.34 bits per heavy atom. The lowest BCUT2D eigenvalue weighted by molar-refractivity contribution is 0.0681. The molecule has 31 heteroatoms. The number of hydrogen-bond acceptors (Lipinski definition) is 14. The topological polar surface area (TPSA) is 317 Å². The molecule has 122 heavy (non-hydrogen) atoms. The van der Waals surface area contributed by atoms with Crippen molar-refractivity contribution in [1.82, 2.24) is 59.5 Å². The van der Waals surface area contributed by atoms with Gasteiger partial charge in [0.25, 0.3) is 0 Å². The molecule has 20 rings (SSSR count). The Morgan fingerprint density at radius 2 is 0.820 bits per heavy atom. The standard InChI is InChI=1S/C18H11FN2O2.C16H9FN2O2S.C15H14FN3O.C14H11BrFN3.2C14H11F2N3/c19-15-9-16-14(8-13(15)18(22)23)17(21-20-16)12-6-5-10-3-1-2-4-11(10)7-12;17-11-7-12-10(6-9(11)16(20)21)15(19-18-12)14-5-8-3-1-2-4-13(8)22-14;1-19-12-7-6-11(17)15(20-2)13(12)14(18-19)9-4-3-5-10(16)8-9;1-19-11-6-5-10(17)13(15)12(11)14(18-19)8-3-2-4-9(16)7-8;1-19-13-7-11(16)12(17)6-10(13)14(18-19)8-3-2-4-9(15)5-8;1-19-11-6-5-10(17)13(16)12(11)14(18-19)8-3-2-4-9(15)7-8/h1-9H,(H,20,21)(H,22,23);1-7H,(H,18,19)(H,20,21);3-8H,17H2,1-2H3;3*2-7H,17H2,1H3. The summed E-state index contributed by atoms with van der Waals surface area (Å²) in [5.41, 5.74) is 34.6. The van der Waals surface area contributed by atoms with Gasteiger partial charge in [0.15, 0.2) is 11.6 Å². The maximum atomic E-state index is 14.2. The highest BCUT2D eigenvalue weighted by Crippen LogP contribution is 2.42. The summed E-state index contributed by atoms with van der Waals surface area (Å²) in [7, 11) is 8.67. The molecule has 0 aliphatic rings. The van der Waals surface area contributed by atoms with Crippen LogP contribution >= 0.6 is 27.3 Å². The van der Waals surface area contributed by atoms with E-state index in [4.69, 9.17) is 37.9 Å². The van der Waals surface area contributed by atoms with Gasteiger partial charge in [0.05, 0.1) is 94.2 Å². The predicted molar refractivity (Wildman–Crippen MR) is 466 cm³/mol. The van der Waals surface area contributed by atoms with Gasteiger partial charge in [0.2, 0.25) is 0 Å². The Hall–Kier alpha value is -15.2. The normalized spacial score (nSPS) is 11.1. The molecular formula is C91H67BrF8N16O5S. The molecule has 0 radical (unpaired) electrons. The first-order valence-corrected chi connectivity index (χ1v) is 38.6. The molecule has 0 spiro atoms. The Balaban J connectivity index is 0.000000114. The van der Waals surface area contributed by atoms with E-state index in [2.05, 4.69) is 56.7 Å². The SMILES string of the molecule is COc1c(N)ccc2c1c(-c1cccc(F)c1)nn2C.Cn1nc(-c2cccc(F)c2)c2c(Br)c(N)ccc21.Cn1nc(-c2cccc(F)c2)c2c(F)c(N)ccc21.Cn1nc(-c2cccc(F)c2)c2cc(N)c(F)cc21.O=C(O)c1cc2c(-c3cc4ccccc4s3)n[nH]c2cc1F.O=C(O)c1cc2c(-c3ccc4ccccc4c3)n[nH]c2cc1F. The lowest BCUT2D eigenvalue weighted by atomic mass is 10.0. The van der Waals surface area contributed by atoms with E-state index in [0.717, 1.165) is 74.9 Å². The van der Waals surface area contributed by atoms with Gasteiger partial charge in [-0.2, -0.15) is 30.6 Å². The minimum atomic E-state index is -1.30. The van der Waals surface area contributed by atoms with Gasteiger partial charge >= 0.3 is 11.9 Å². The number of anilines is 4. The first-order chi connectivity index (χ1) is 58.6. The van der Waals surface area contributed by atoms with Crippen LogP contribution < -0.4 is 27.7 Å². The monoisotopic (exact) mass is 1730 g/mol. The summed E-state index contributed by atoms with van der Waals surface area (Å²) in [4.78, 5) is 23.2. The van der Waals surface area contributed by atoms with E-state index in [1.54, 1.807) is 99.8 Å². The fourth-order valence-electron chi connectivity index (χ4n) is 14.1. The molecule has 7 aromatic heterocycles. The maximum absolute atomic E-state index is 14.2. The highest BCUT2D eigenvalue weighted by atomic mass is 79.9. The summed E-state index contributed by atoms with van der Waals surface area (Å²) in [6, 6.07) is 66.9. The second-order valence-electron chi connectivity index (χ2n) is 27.8. The molecule has 0 atom stereocenters. The third-order valence-corrected chi connectivity index (χ3v) is 22.0. The highest BCUT2D eigenvalue weighted by Gasteiger charge is 2.24. The van der Waals surface area contributed by atoms with E-state index in [9.17, 15) is 44.7 Å². The second-order valence-corrected chi connectivity index (χ2v) is 29.7. The van der Waals surface area contributed by atoms with Crippen LogP contribution in [0.4, 0.5) is 57.9 Å². The molecule has 0 aliphatic carbocycles. The van der Waals surface area contributed by atoms with Crippen molar-refractivity contribution < 1.29 is 59.7 Å². The van der Waals surface area contributed by atoms with E-state index in [1.807, 2.05) is 117 Å². The van der Waals surface area contributed by atoms with Crippen molar-refractivity contribution in [2.75, 3.05) is 30.0 Å². The van der Waals surface area contributed by atoms with E-state index >= 15 is 0 Å². The summed E-state index contributed by atoms with van der Waals surface area (Å²) in [5.74, 6) is -5.89. The molecule has 0 fully saturated rings. The fourth-order valence-corrected chi connectivity index (χ4v) is 15.7. The number of hydrogen-bond donors (Lipinski definition) is 8. The zero-order chi connectivity index (χ0) is 86.2. The number of nitrogen functional groups attached to an aromatic ring is 4. The van der Waals surface area contributed by atoms with E-state index < -0.39 is 35.2 Å². The Morgan fingerprint density at radius 1 is 0.385 bits per heavy atom. The molecule has 0 amide bonds. The van der Waals surface area contributed by atoms with E-state index in [-0.39, 0.29) is 45.8 Å². The van der Waals surface area contributed by atoms with Crippen molar-refractivity contribution in [2.45, 2.75) is 0 Å². The number of nitrogens with one attached hydrogen (secondary N) is 2. The predicted octanol–water partition coefficient (Wildman–Crippen LogP) is 21.4. The third kappa shape index (κ3) is 16.3. The van der Waals surface area contributed by atoms with Gasteiger partial charge in [-0.3, -0.25) is 28.9 Å². The minimum Gasteiger partial charge on any atom is -0.494 e. The maximum Gasteiger partial charge on any atom is 0.338 e. The molecule has 0 bridgehead atoms. The molecule has 0 saturated heterocycles. The van der Waals surface area contributed by atoms with Gasteiger partial charge in [0, 0.05) is 106 Å². The van der Waals surface area contributed by atoms with Gasteiger partial charge in [-0.05, 0) is 153 Å². The molecule has 0 unspecified atom stereocenters. The third-order valence-electron chi connectivity index (χ3n) is 20.0. The first kappa shape index (κ1) is 81.9. The number of rotatable bonds is 9. The number of nitrogens with two attached hydrogens (primary N) is 4. The quantitative estimate of drug-likeness (QED) is 0.0492. The number of methoxy groups -OCH3 is 1. The van der Waals surface area contributed by atoms with Crippen LogP contribution in [0, 0.1) is 46.5 Å². The van der Waals surface area contributed by atoms with Crippen LogP contribution in [-0.4, -0.2) is 88.8 Å². The number of nitrogens with zero attached hydrogens (tertiary/aromatic N) is 10. The van der Waals surface area contributed by atoms with Crippen molar-refractivity contribution >= 4 is 148 Å². The largest absolute Gasteiger partial charge is 0.494 e. The van der Waals surface area contributed by atoms with Gasteiger partial charge in [0.1, 0.15) is 69.2 Å². The number of carboxylic acids is 2. The average Bonchev–Trinajstić information content (AvgIpc) is 1.72. The molecule has 21 nitrogen and oxygen atoms in total.